The van der Waals surface area contributed by atoms with Crippen LogP contribution in [0.2, 0.25) is 0 Å². The van der Waals surface area contributed by atoms with Gasteiger partial charge in [-0.1, -0.05) is 0 Å². The summed E-state index contributed by atoms with van der Waals surface area (Å²) in [7, 11) is -2.25. The van der Waals surface area contributed by atoms with E-state index >= 15 is 0 Å². The summed E-state index contributed by atoms with van der Waals surface area (Å²) < 4.78 is 31.9. The zero-order chi connectivity index (χ0) is 12.9. The monoisotopic (exact) mass is 266 g/mol. The average molecular weight is 266 g/mol. The lowest BCUT2D eigenvalue weighted by molar-refractivity contribution is -0.139. The highest BCUT2D eigenvalue weighted by molar-refractivity contribution is 7.87. The molecular weight excluding hydrogens is 248 g/mol. The number of nitrogens with zero attached hydrogens (tertiary/aromatic N) is 1. The molecule has 0 aromatic heterocycles. The standard InChI is InChI=1S/C9H18N2O5S/c1-16-7-4-8(9(12)13)10-17(14,15)11-5-2-3-6-11/h8,10H,2-7H2,1H3,(H,12,13). The number of carboxylic acids is 1. The van der Waals surface area contributed by atoms with Crippen LogP contribution in [0.1, 0.15) is 19.3 Å². The van der Waals surface area contributed by atoms with Crippen LogP contribution in [0.3, 0.4) is 0 Å². The molecule has 100 valence electrons. The van der Waals surface area contributed by atoms with E-state index in [1.807, 2.05) is 0 Å². The minimum atomic E-state index is -3.69. The summed E-state index contributed by atoms with van der Waals surface area (Å²) in [5, 5.41) is 8.91. The fourth-order valence-corrected chi connectivity index (χ4v) is 3.12. The van der Waals surface area contributed by atoms with Crippen LogP contribution in [0.4, 0.5) is 0 Å². The highest BCUT2D eigenvalue weighted by Gasteiger charge is 2.30. The number of hydrogen-bond donors (Lipinski definition) is 2. The Morgan fingerprint density at radius 3 is 2.53 bits per heavy atom. The van der Waals surface area contributed by atoms with Crippen molar-refractivity contribution in [1.29, 1.82) is 0 Å². The van der Waals surface area contributed by atoms with E-state index in [9.17, 15) is 13.2 Å². The maximum absolute atomic E-state index is 11.8. The molecule has 0 spiro atoms. The molecule has 1 heterocycles. The third kappa shape index (κ3) is 4.23. The van der Waals surface area contributed by atoms with Gasteiger partial charge in [0.05, 0.1) is 0 Å². The van der Waals surface area contributed by atoms with Crippen molar-refractivity contribution < 1.29 is 23.1 Å². The van der Waals surface area contributed by atoms with Gasteiger partial charge in [-0.15, -0.1) is 0 Å². The first kappa shape index (κ1) is 14.4. The van der Waals surface area contributed by atoms with E-state index in [2.05, 4.69) is 4.72 Å². The van der Waals surface area contributed by atoms with Gasteiger partial charge in [-0.05, 0) is 19.3 Å². The Balaban J connectivity index is 2.61. The minimum absolute atomic E-state index is 0.110. The predicted molar refractivity (Wildman–Crippen MR) is 60.8 cm³/mol. The topological polar surface area (TPSA) is 95.9 Å². The van der Waals surface area contributed by atoms with E-state index in [1.165, 1.54) is 11.4 Å². The molecule has 0 bridgehead atoms. The van der Waals surface area contributed by atoms with Gasteiger partial charge >= 0.3 is 5.97 Å². The molecule has 7 nitrogen and oxygen atoms in total. The molecule has 1 rings (SSSR count). The third-order valence-corrected chi connectivity index (χ3v) is 4.23. The second-order valence-corrected chi connectivity index (χ2v) is 5.60. The lowest BCUT2D eigenvalue weighted by Crippen LogP contribution is -2.47. The first-order chi connectivity index (χ1) is 7.97. The molecule has 1 aliphatic heterocycles. The van der Waals surface area contributed by atoms with Gasteiger partial charge < -0.3 is 9.84 Å². The quantitative estimate of drug-likeness (QED) is 0.642. The molecule has 1 aliphatic rings. The lowest BCUT2D eigenvalue weighted by Gasteiger charge is -2.20. The Labute approximate surface area is 101 Å². The number of aliphatic carboxylic acids is 1. The summed E-state index contributed by atoms with van der Waals surface area (Å²) in [5.41, 5.74) is 0. The Morgan fingerprint density at radius 2 is 2.06 bits per heavy atom. The summed E-state index contributed by atoms with van der Waals surface area (Å²) in [6.07, 6.45) is 1.74. The van der Waals surface area contributed by atoms with E-state index in [-0.39, 0.29) is 13.0 Å². The van der Waals surface area contributed by atoms with Gasteiger partial charge in [0, 0.05) is 26.8 Å². The van der Waals surface area contributed by atoms with Crippen molar-refractivity contribution in [2.75, 3.05) is 26.8 Å². The molecule has 1 atom stereocenters. The maximum atomic E-state index is 11.8. The normalized spacial score (nSPS) is 19.4. The number of rotatable bonds is 7. The van der Waals surface area contributed by atoms with E-state index in [1.54, 1.807) is 0 Å². The molecule has 0 aromatic rings. The Morgan fingerprint density at radius 1 is 1.47 bits per heavy atom. The first-order valence-electron chi connectivity index (χ1n) is 5.46. The van der Waals surface area contributed by atoms with Crippen LogP contribution in [-0.2, 0) is 19.7 Å². The third-order valence-electron chi connectivity index (χ3n) is 2.60. The number of carbonyl (C=O) groups is 1. The molecule has 0 aromatic carbocycles. The van der Waals surface area contributed by atoms with Crippen LogP contribution in [0.5, 0.6) is 0 Å². The number of hydrogen-bond acceptors (Lipinski definition) is 4. The zero-order valence-electron chi connectivity index (χ0n) is 9.76. The number of methoxy groups -OCH3 is 1. The van der Waals surface area contributed by atoms with Gasteiger partial charge in [0.25, 0.3) is 10.2 Å². The van der Waals surface area contributed by atoms with Crippen molar-refractivity contribution in [3.63, 3.8) is 0 Å². The summed E-state index contributed by atoms with van der Waals surface area (Å²) in [5.74, 6) is -1.19. The van der Waals surface area contributed by atoms with Crippen molar-refractivity contribution in [2.45, 2.75) is 25.3 Å². The molecule has 0 saturated carbocycles. The van der Waals surface area contributed by atoms with Gasteiger partial charge in [-0.3, -0.25) is 4.79 Å². The van der Waals surface area contributed by atoms with Crippen molar-refractivity contribution >= 4 is 16.2 Å². The van der Waals surface area contributed by atoms with Gasteiger partial charge in [-0.2, -0.15) is 17.4 Å². The SMILES string of the molecule is COCCC(NS(=O)(=O)N1CCCC1)C(=O)O. The van der Waals surface area contributed by atoms with E-state index in [0.717, 1.165) is 12.8 Å². The van der Waals surface area contributed by atoms with E-state index in [0.29, 0.717) is 13.1 Å². The van der Waals surface area contributed by atoms with Crippen LogP contribution < -0.4 is 4.72 Å². The fourth-order valence-electron chi connectivity index (χ4n) is 1.65. The molecule has 17 heavy (non-hydrogen) atoms. The van der Waals surface area contributed by atoms with Gasteiger partial charge in [0.1, 0.15) is 6.04 Å². The van der Waals surface area contributed by atoms with E-state index < -0.39 is 22.2 Å². The molecule has 1 unspecified atom stereocenters. The molecule has 0 radical (unpaired) electrons. The summed E-state index contributed by atoms with van der Waals surface area (Å²) >= 11 is 0. The zero-order valence-corrected chi connectivity index (χ0v) is 10.6. The van der Waals surface area contributed by atoms with Gasteiger partial charge in [0.15, 0.2) is 0 Å². The predicted octanol–water partition coefficient (Wildman–Crippen LogP) is -0.594. The number of carboxylic acid groups (broad SMARTS) is 1. The smallest absolute Gasteiger partial charge is 0.321 e. The molecular formula is C9H18N2O5S. The van der Waals surface area contributed by atoms with Crippen LogP contribution in [0.15, 0.2) is 0 Å². The second kappa shape index (κ2) is 6.29. The van der Waals surface area contributed by atoms with Crippen molar-refractivity contribution in [3.05, 3.63) is 0 Å². The van der Waals surface area contributed by atoms with Crippen molar-refractivity contribution in [2.24, 2.45) is 0 Å². The maximum Gasteiger partial charge on any atom is 0.321 e. The Bertz CT molecular complexity index is 350. The van der Waals surface area contributed by atoms with Crippen LogP contribution in [0, 0.1) is 0 Å². The Hall–Kier alpha value is -0.700. The highest BCUT2D eigenvalue weighted by Crippen LogP contribution is 2.12. The molecule has 8 heteroatoms. The van der Waals surface area contributed by atoms with Crippen LogP contribution >= 0.6 is 0 Å². The van der Waals surface area contributed by atoms with Crippen LogP contribution in [0.25, 0.3) is 0 Å². The van der Waals surface area contributed by atoms with Crippen LogP contribution in [-0.4, -0.2) is 56.6 Å². The van der Waals surface area contributed by atoms with E-state index in [4.69, 9.17) is 9.84 Å². The van der Waals surface area contributed by atoms with Gasteiger partial charge in [-0.25, -0.2) is 0 Å². The summed E-state index contributed by atoms with van der Waals surface area (Å²) in [6, 6.07) is -1.14. The molecule has 1 saturated heterocycles. The number of ether oxygens (including phenoxy) is 1. The summed E-state index contributed by atoms with van der Waals surface area (Å²) in [4.78, 5) is 10.9. The lowest BCUT2D eigenvalue weighted by atomic mass is 10.2. The second-order valence-electron chi connectivity index (χ2n) is 3.90. The highest BCUT2D eigenvalue weighted by atomic mass is 32.2. The minimum Gasteiger partial charge on any atom is -0.480 e. The largest absolute Gasteiger partial charge is 0.480 e. The molecule has 1 fully saturated rings. The summed E-state index contributed by atoms with van der Waals surface area (Å²) in [6.45, 7) is 1.09. The Kier molecular flexibility index (Phi) is 5.31. The number of nitrogens with one attached hydrogen (secondary N) is 1. The molecule has 0 amide bonds. The molecule has 0 aliphatic carbocycles. The first-order valence-corrected chi connectivity index (χ1v) is 6.90. The van der Waals surface area contributed by atoms with Crippen molar-refractivity contribution in [1.82, 2.24) is 9.03 Å². The average Bonchev–Trinajstić information content (AvgIpc) is 2.77. The van der Waals surface area contributed by atoms with Gasteiger partial charge in [0.2, 0.25) is 0 Å². The fraction of sp³-hybridized carbons (Fsp3) is 0.889. The van der Waals surface area contributed by atoms with Crippen molar-refractivity contribution in [3.8, 4) is 0 Å². The molecule has 2 N–H and O–H groups in total.